The molecule has 0 unspecified atom stereocenters. The molecule has 4 rings (SSSR count). The topological polar surface area (TPSA) is 84.9 Å². The van der Waals surface area contributed by atoms with Crippen LogP contribution in [0.3, 0.4) is 0 Å². The summed E-state index contributed by atoms with van der Waals surface area (Å²) in [6, 6.07) is 12.5. The summed E-state index contributed by atoms with van der Waals surface area (Å²) in [7, 11) is 0. The van der Waals surface area contributed by atoms with Crippen molar-refractivity contribution in [1.29, 1.82) is 0 Å². The summed E-state index contributed by atoms with van der Waals surface area (Å²) in [5.41, 5.74) is 2.12. The van der Waals surface area contributed by atoms with Crippen molar-refractivity contribution in [3.05, 3.63) is 53.6 Å². The number of nitrogens with zero attached hydrogens (tertiary/aromatic N) is 1. The second-order valence-corrected chi connectivity index (χ2v) is 8.39. The number of hydrogen-bond donors (Lipinski definition) is 1. The maximum Gasteiger partial charge on any atom is 0.265 e. The van der Waals surface area contributed by atoms with Gasteiger partial charge in [0.15, 0.2) is 19.0 Å². The summed E-state index contributed by atoms with van der Waals surface area (Å²) in [6.07, 6.45) is 3.28. The van der Waals surface area contributed by atoms with Crippen LogP contribution in [0.1, 0.15) is 41.6 Å². The van der Waals surface area contributed by atoms with Crippen molar-refractivity contribution in [2.45, 2.75) is 32.6 Å². The van der Waals surface area contributed by atoms with Gasteiger partial charge in [-0.15, -0.1) is 0 Å². The van der Waals surface area contributed by atoms with E-state index in [1.165, 1.54) is 12.8 Å². The third kappa shape index (κ3) is 5.66. The van der Waals surface area contributed by atoms with Crippen molar-refractivity contribution in [3.8, 4) is 11.5 Å². The molecule has 2 aromatic rings. The summed E-state index contributed by atoms with van der Waals surface area (Å²) in [5.74, 6) is 1.45. The summed E-state index contributed by atoms with van der Waals surface area (Å²) in [6.45, 7) is 2.97. The molecule has 2 aliphatic rings. The third-order valence-corrected chi connectivity index (χ3v) is 5.69. The van der Waals surface area contributed by atoms with Crippen molar-refractivity contribution in [2.75, 3.05) is 31.2 Å². The first-order valence-corrected chi connectivity index (χ1v) is 11.1. The van der Waals surface area contributed by atoms with Gasteiger partial charge in [-0.1, -0.05) is 17.7 Å². The Kier molecular flexibility index (Phi) is 6.73. The van der Waals surface area contributed by atoms with Crippen molar-refractivity contribution in [3.63, 3.8) is 0 Å². The maximum absolute atomic E-state index is 12.7. The number of amides is 2. The second-order valence-electron chi connectivity index (χ2n) is 8.39. The van der Waals surface area contributed by atoms with Gasteiger partial charge in [0, 0.05) is 25.1 Å². The number of benzene rings is 2. The molecule has 1 saturated carbocycles. The van der Waals surface area contributed by atoms with Gasteiger partial charge in [-0.05, 0) is 62.4 Å². The van der Waals surface area contributed by atoms with Gasteiger partial charge < -0.3 is 19.7 Å². The lowest BCUT2D eigenvalue weighted by Crippen LogP contribution is -2.40. The number of rotatable bonds is 10. The number of carbonyl (C=O) groups is 3. The molecule has 1 aliphatic carbocycles. The van der Waals surface area contributed by atoms with Crippen LogP contribution in [0.2, 0.25) is 0 Å². The number of Topliss-reactive ketones (excluding diaryl/α,β-unsaturated/α-hetero) is 1. The highest BCUT2D eigenvalue weighted by atomic mass is 16.5. The van der Waals surface area contributed by atoms with Crippen LogP contribution in [-0.2, 0) is 9.59 Å². The number of anilines is 1. The van der Waals surface area contributed by atoms with Crippen LogP contribution in [0.15, 0.2) is 42.5 Å². The minimum absolute atomic E-state index is 0.00927. The van der Waals surface area contributed by atoms with Gasteiger partial charge in [-0.3, -0.25) is 14.4 Å². The van der Waals surface area contributed by atoms with E-state index in [2.05, 4.69) is 5.32 Å². The molecule has 2 aromatic carbocycles. The minimum Gasteiger partial charge on any atom is -0.485 e. The van der Waals surface area contributed by atoms with E-state index in [1.54, 1.807) is 23.1 Å². The largest absolute Gasteiger partial charge is 0.485 e. The van der Waals surface area contributed by atoms with E-state index in [1.807, 2.05) is 31.2 Å². The Hall–Kier alpha value is -3.35. The summed E-state index contributed by atoms with van der Waals surface area (Å²) < 4.78 is 11.1. The van der Waals surface area contributed by atoms with E-state index < -0.39 is 0 Å². The number of ketones is 1. The molecular weight excluding hydrogens is 408 g/mol. The number of ether oxygens (including phenoxy) is 2. The van der Waals surface area contributed by atoms with Gasteiger partial charge in [0.2, 0.25) is 5.91 Å². The summed E-state index contributed by atoms with van der Waals surface area (Å²) in [4.78, 5) is 38.7. The highest BCUT2D eigenvalue weighted by Crippen LogP contribution is 2.33. The molecule has 0 spiro atoms. The second kappa shape index (κ2) is 9.85. The van der Waals surface area contributed by atoms with Crippen LogP contribution in [0.4, 0.5) is 5.69 Å². The minimum atomic E-state index is -0.189. The van der Waals surface area contributed by atoms with Crippen LogP contribution in [-0.4, -0.2) is 43.9 Å². The Morgan fingerprint density at radius 2 is 1.94 bits per heavy atom. The van der Waals surface area contributed by atoms with E-state index >= 15 is 0 Å². The average molecular weight is 437 g/mol. The Bertz CT molecular complexity index is 998. The highest BCUT2D eigenvalue weighted by Gasteiger charge is 2.27. The molecular formula is C25H28N2O5. The smallest absolute Gasteiger partial charge is 0.265 e. The van der Waals surface area contributed by atoms with Crippen molar-refractivity contribution < 1.29 is 23.9 Å². The van der Waals surface area contributed by atoms with E-state index in [4.69, 9.17) is 9.47 Å². The van der Waals surface area contributed by atoms with Crippen LogP contribution in [0.5, 0.6) is 11.5 Å². The fourth-order valence-electron chi connectivity index (χ4n) is 3.55. The number of aryl methyl sites for hydroxylation is 1. The van der Waals surface area contributed by atoms with Gasteiger partial charge in [-0.25, -0.2) is 0 Å². The Morgan fingerprint density at radius 1 is 1.16 bits per heavy atom. The fourth-order valence-corrected chi connectivity index (χ4v) is 3.55. The molecule has 0 radical (unpaired) electrons. The van der Waals surface area contributed by atoms with Crippen molar-refractivity contribution >= 4 is 23.3 Å². The molecule has 1 N–H and O–H groups in total. The van der Waals surface area contributed by atoms with E-state index in [0.29, 0.717) is 48.1 Å². The SMILES string of the molecule is Cc1ccc(OCC(=O)c2ccc3c(c2)N(CCCC(=O)NCC2CC2)C(=O)CO3)cc1. The zero-order chi connectivity index (χ0) is 22.5. The van der Waals surface area contributed by atoms with Crippen LogP contribution < -0.4 is 19.7 Å². The number of hydrogen-bond acceptors (Lipinski definition) is 5. The first kappa shape index (κ1) is 21.9. The molecule has 7 heteroatoms. The molecule has 1 heterocycles. The standard InChI is InChI=1S/C25H28N2O5/c1-17-4-9-20(10-5-17)31-15-22(28)19-8-11-23-21(13-19)27(25(30)16-32-23)12-2-3-24(29)26-14-18-6-7-18/h4-5,8-11,13,18H,2-3,6-7,12,14-16H2,1H3,(H,26,29). The Labute approximate surface area is 187 Å². The van der Waals surface area contributed by atoms with Gasteiger partial charge in [0.25, 0.3) is 5.91 Å². The zero-order valence-electron chi connectivity index (χ0n) is 18.3. The van der Waals surface area contributed by atoms with Crippen molar-refractivity contribution in [1.82, 2.24) is 5.32 Å². The molecule has 2 amide bonds. The first-order valence-electron chi connectivity index (χ1n) is 11.1. The quantitative estimate of drug-likeness (QED) is 0.578. The van der Waals surface area contributed by atoms with Gasteiger partial charge >= 0.3 is 0 Å². The molecule has 1 aliphatic heterocycles. The van der Waals surface area contributed by atoms with Crippen LogP contribution in [0, 0.1) is 12.8 Å². The normalized spacial score (nSPS) is 15.0. The summed E-state index contributed by atoms with van der Waals surface area (Å²) in [5, 5.41) is 2.94. The predicted molar refractivity (Wildman–Crippen MR) is 120 cm³/mol. The van der Waals surface area contributed by atoms with Crippen LogP contribution >= 0.6 is 0 Å². The summed E-state index contributed by atoms with van der Waals surface area (Å²) >= 11 is 0. The van der Waals surface area contributed by atoms with E-state index in [0.717, 1.165) is 12.1 Å². The Morgan fingerprint density at radius 3 is 2.69 bits per heavy atom. The monoisotopic (exact) mass is 436 g/mol. The Balaban J connectivity index is 1.36. The number of nitrogens with one attached hydrogen (secondary N) is 1. The molecule has 168 valence electrons. The molecule has 32 heavy (non-hydrogen) atoms. The molecule has 0 saturated heterocycles. The number of carbonyl (C=O) groups excluding carboxylic acids is 3. The van der Waals surface area contributed by atoms with Crippen molar-refractivity contribution in [2.24, 2.45) is 5.92 Å². The van der Waals surface area contributed by atoms with Gasteiger partial charge in [0.1, 0.15) is 11.5 Å². The third-order valence-electron chi connectivity index (χ3n) is 5.69. The van der Waals surface area contributed by atoms with E-state index in [-0.39, 0.29) is 30.8 Å². The van der Waals surface area contributed by atoms with Crippen LogP contribution in [0.25, 0.3) is 0 Å². The van der Waals surface area contributed by atoms with Gasteiger partial charge in [-0.2, -0.15) is 0 Å². The highest BCUT2D eigenvalue weighted by molar-refractivity contribution is 6.02. The van der Waals surface area contributed by atoms with E-state index in [9.17, 15) is 14.4 Å². The fraction of sp³-hybridized carbons (Fsp3) is 0.400. The zero-order valence-corrected chi connectivity index (χ0v) is 18.3. The molecule has 0 bridgehead atoms. The molecule has 7 nitrogen and oxygen atoms in total. The predicted octanol–water partition coefficient (Wildman–Crippen LogP) is 3.29. The first-order chi connectivity index (χ1) is 15.5. The molecule has 1 fully saturated rings. The lowest BCUT2D eigenvalue weighted by Gasteiger charge is -2.29. The average Bonchev–Trinajstić information content (AvgIpc) is 3.63. The lowest BCUT2D eigenvalue weighted by molar-refractivity contribution is -0.122. The maximum atomic E-state index is 12.7. The number of fused-ring (bicyclic) bond motifs is 1. The molecule has 0 atom stereocenters. The lowest BCUT2D eigenvalue weighted by atomic mass is 10.1. The molecule has 0 aromatic heterocycles. The van der Waals surface area contributed by atoms with Gasteiger partial charge in [0.05, 0.1) is 5.69 Å².